The van der Waals surface area contributed by atoms with E-state index in [9.17, 15) is 8.78 Å². The first kappa shape index (κ1) is 18.6. The molecule has 1 saturated carbocycles. The van der Waals surface area contributed by atoms with Crippen LogP contribution in [0.1, 0.15) is 39.2 Å². The molecule has 0 aliphatic heterocycles. The standard InChI is InChI=1S/C18H28F2N4/c1-4-21-18(22-9-10-24(13(2)3)16-6-7-16)23-12-14-11-15(19)5-8-17(14)20/h5,8,11,13,16H,4,6-7,9-10,12H2,1-3H3,(H2,21,22,23). The predicted octanol–water partition coefficient (Wildman–Crippen LogP) is 2.89. The van der Waals surface area contributed by atoms with Crippen molar-refractivity contribution in [3.8, 4) is 0 Å². The number of hydrogen-bond acceptors (Lipinski definition) is 2. The van der Waals surface area contributed by atoms with Crippen molar-refractivity contribution in [3.63, 3.8) is 0 Å². The van der Waals surface area contributed by atoms with Gasteiger partial charge in [-0.15, -0.1) is 0 Å². The molecule has 0 radical (unpaired) electrons. The van der Waals surface area contributed by atoms with E-state index in [0.29, 0.717) is 24.6 Å². The molecule has 1 aromatic carbocycles. The Morgan fingerprint density at radius 3 is 2.67 bits per heavy atom. The van der Waals surface area contributed by atoms with Gasteiger partial charge < -0.3 is 10.6 Å². The van der Waals surface area contributed by atoms with Crippen molar-refractivity contribution in [2.45, 2.75) is 52.2 Å². The van der Waals surface area contributed by atoms with Crippen molar-refractivity contribution in [2.24, 2.45) is 4.99 Å². The van der Waals surface area contributed by atoms with Crippen molar-refractivity contribution in [3.05, 3.63) is 35.4 Å². The van der Waals surface area contributed by atoms with Crippen molar-refractivity contribution in [2.75, 3.05) is 19.6 Å². The number of nitrogens with zero attached hydrogens (tertiary/aromatic N) is 2. The summed E-state index contributed by atoms with van der Waals surface area (Å²) < 4.78 is 26.9. The third kappa shape index (κ3) is 5.74. The number of halogens is 2. The SMILES string of the molecule is CCNC(=NCc1cc(F)ccc1F)NCCN(C(C)C)C1CC1. The van der Waals surface area contributed by atoms with Gasteiger partial charge in [-0.1, -0.05) is 0 Å². The summed E-state index contributed by atoms with van der Waals surface area (Å²) in [5.74, 6) is -0.257. The lowest BCUT2D eigenvalue weighted by Crippen LogP contribution is -2.43. The van der Waals surface area contributed by atoms with Crippen LogP contribution in [0.25, 0.3) is 0 Å². The molecule has 6 heteroatoms. The lowest BCUT2D eigenvalue weighted by Gasteiger charge is -2.26. The molecule has 2 N–H and O–H groups in total. The van der Waals surface area contributed by atoms with E-state index >= 15 is 0 Å². The summed E-state index contributed by atoms with van der Waals surface area (Å²) in [5, 5.41) is 6.41. The fraction of sp³-hybridized carbons (Fsp3) is 0.611. The van der Waals surface area contributed by atoms with Gasteiger partial charge in [0.05, 0.1) is 6.54 Å². The minimum Gasteiger partial charge on any atom is -0.357 e. The molecule has 0 bridgehead atoms. The van der Waals surface area contributed by atoms with Gasteiger partial charge in [-0.2, -0.15) is 0 Å². The number of nitrogens with one attached hydrogen (secondary N) is 2. The number of aliphatic imine (C=N–C) groups is 1. The van der Waals surface area contributed by atoms with Crippen LogP contribution in [0.3, 0.4) is 0 Å². The minimum absolute atomic E-state index is 0.107. The molecule has 134 valence electrons. The smallest absolute Gasteiger partial charge is 0.191 e. The molecule has 0 aromatic heterocycles. The largest absolute Gasteiger partial charge is 0.357 e. The molecule has 2 rings (SSSR count). The second-order valence-corrected chi connectivity index (χ2v) is 6.42. The van der Waals surface area contributed by atoms with Gasteiger partial charge in [0.15, 0.2) is 5.96 Å². The van der Waals surface area contributed by atoms with Crippen LogP contribution >= 0.6 is 0 Å². The van der Waals surface area contributed by atoms with Crippen LogP contribution in [0.4, 0.5) is 8.78 Å². The van der Waals surface area contributed by atoms with E-state index in [4.69, 9.17) is 0 Å². The minimum atomic E-state index is -0.448. The fourth-order valence-electron chi connectivity index (χ4n) is 2.74. The average Bonchev–Trinajstić information content (AvgIpc) is 3.36. The van der Waals surface area contributed by atoms with E-state index in [1.165, 1.54) is 18.9 Å². The van der Waals surface area contributed by atoms with Crippen molar-refractivity contribution >= 4 is 5.96 Å². The predicted molar refractivity (Wildman–Crippen MR) is 94.0 cm³/mol. The van der Waals surface area contributed by atoms with E-state index in [2.05, 4.69) is 34.4 Å². The molecule has 1 aliphatic carbocycles. The van der Waals surface area contributed by atoms with Gasteiger partial charge >= 0.3 is 0 Å². The summed E-state index contributed by atoms with van der Waals surface area (Å²) in [7, 11) is 0. The highest BCUT2D eigenvalue weighted by Gasteiger charge is 2.30. The highest BCUT2D eigenvalue weighted by atomic mass is 19.1. The van der Waals surface area contributed by atoms with Gasteiger partial charge in [-0.25, -0.2) is 13.8 Å². The summed E-state index contributed by atoms with van der Waals surface area (Å²) >= 11 is 0. The maximum absolute atomic E-state index is 13.7. The second-order valence-electron chi connectivity index (χ2n) is 6.42. The summed E-state index contributed by atoms with van der Waals surface area (Å²) in [4.78, 5) is 6.85. The quantitative estimate of drug-likeness (QED) is 0.566. The third-order valence-electron chi connectivity index (χ3n) is 4.10. The molecule has 0 atom stereocenters. The molecule has 1 aromatic rings. The van der Waals surface area contributed by atoms with E-state index in [-0.39, 0.29) is 12.1 Å². The molecule has 24 heavy (non-hydrogen) atoms. The highest BCUT2D eigenvalue weighted by molar-refractivity contribution is 5.79. The van der Waals surface area contributed by atoms with Gasteiger partial charge in [0.25, 0.3) is 0 Å². The van der Waals surface area contributed by atoms with Crippen LogP contribution in [-0.4, -0.2) is 42.6 Å². The zero-order valence-corrected chi connectivity index (χ0v) is 14.8. The second kappa shape index (κ2) is 8.97. The monoisotopic (exact) mass is 338 g/mol. The molecule has 0 unspecified atom stereocenters. The van der Waals surface area contributed by atoms with Crippen LogP contribution in [-0.2, 0) is 6.54 Å². The van der Waals surface area contributed by atoms with E-state index in [1.807, 2.05) is 6.92 Å². The Morgan fingerprint density at radius 1 is 1.29 bits per heavy atom. The Morgan fingerprint density at radius 2 is 2.04 bits per heavy atom. The normalized spacial score (nSPS) is 15.2. The van der Waals surface area contributed by atoms with Crippen molar-refractivity contribution in [1.82, 2.24) is 15.5 Å². The van der Waals surface area contributed by atoms with Crippen LogP contribution in [0.5, 0.6) is 0 Å². The van der Waals surface area contributed by atoms with E-state index in [0.717, 1.165) is 25.2 Å². The van der Waals surface area contributed by atoms with Crippen LogP contribution < -0.4 is 10.6 Å². The van der Waals surface area contributed by atoms with Crippen LogP contribution in [0.15, 0.2) is 23.2 Å². The van der Waals surface area contributed by atoms with Gasteiger partial charge in [-0.05, 0) is 51.8 Å². The lowest BCUT2D eigenvalue weighted by atomic mass is 10.2. The van der Waals surface area contributed by atoms with Crippen molar-refractivity contribution < 1.29 is 8.78 Å². The number of hydrogen-bond donors (Lipinski definition) is 2. The molecular weight excluding hydrogens is 310 g/mol. The summed E-state index contributed by atoms with van der Waals surface area (Å²) in [6.45, 7) is 8.94. The lowest BCUT2D eigenvalue weighted by molar-refractivity contribution is 0.215. The summed E-state index contributed by atoms with van der Waals surface area (Å²) in [5.41, 5.74) is 0.258. The number of guanidine groups is 1. The zero-order chi connectivity index (χ0) is 17.5. The Bertz CT molecular complexity index is 554. The molecule has 0 heterocycles. The van der Waals surface area contributed by atoms with Gasteiger partial charge in [0, 0.05) is 37.3 Å². The third-order valence-corrected chi connectivity index (χ3v) is 4.10. The topological polar surface area (TPSA) is 39.7 Å². The number of rotatable bonds is 8. The molecule has 1 fully saturated rings. The van der Waals surface area contributed by atoms with Gasteiger partial charge in [0.2, 0.25) is 0 Å². The Balaban J connectivity index is 1.89. The van der Waals surface area contributed by atoms with E-state index in [1.54, 1.807) is 0 Å². The molecular formula is C18H28F2N4. The van der Waals surface area contributed by atoms with Gasteiger partial charge in [0.1, 0.15) is 11.6 Å². The Hall–Kier alpha value is -1.69. The van der Waals surface area contributed by atoms with E-state index < -0.39 is 11.6 Å². The highest BCUT2D eigenvalue weighted by Crippen LogP contribution is 2.27. The summed E-state index contributed by atoms with van der Waals surface area (Å²) in [6, 6.07) is 4.68. The molecule has 4 nitrogen and oxygen atoms in total. The maximum atomic E-state index is 13.7. The first-order valence-electron chi connectivity index (χ1n) is 8.73. The average molecular weight is 338 g/mol. The first-order chi connectivity index (χ1) is 11.5. The van der Waals surface area contributed by atoms with Crippen LogP contribution in [0, 0.1) is 11.6 Å². The van der Waals surface area contributed by atoms with Gasteiger partial charge in [-0.3, -0.25) is 4.90 Å². The molecule has 0 saturated heterocycles. The molecule has 0 spiro atoms. The zero-order valence-electron chi connectivity index (χ0n) is 14.8. The first-order valence-corrected chi connectivity index (χ1v) is 8.73. The number of benzene rings is 1. The Kier molecular flexibility index (Phi) is 6.97. The molecule has 0 amide bonds. The van der Waals surface area contributed by atoms with Crippen LogP contribution in [0.2, 0.25) is 0 Å². The Labute approximate surface area is 143 Å². The summed E-state index contributed by atoms with van der Waals surface area (Å²) in [6.07, 6.45) is 2.57. The molecule has 1 aliphatic rings. The van der Waals surface area contributed by atoms with Crippen molar-refractivity contribution in [1.29, 1.82) is 0 Å². The fourth-order valence-corrected chi connectivity index (χ4v) is 2.74. The maximum Gasteiger partial charge on any atom is 0.191 e.